The van der Waals surface area contributed by atoms with Crippen molar-refractivity contribution < 1.29 is 9.53 Å². The zero-order valence-electron chi connectivity index (χ0n) is 13.6. The first-order valence-corrected chi connectivity index (χ1v) is 9.28. The summed E-state index contributed by atoms with van der Waals surface area (Å²) in [6.07, 6.45) is 6.28. The van der Waals surface area contributed by atoms with Crippen LogP contribution in [0.4, 0.5) is 4.79 Å². The molecule has 1 rings (SSSR count). The van der Waals surface area contributed by atoms with Crippen LogP contribution in [-0.2, 0) is 4.74 Å². The second-order valence-electron chi connectivity index (χ2n) is 5.93. The number of hydrogen-bond donors (Lipinski definition) is 0. The van der Waals surface area contributed by atoms with Gasteiger partial charge in [0.1, 0.15) is 5.60 Å². The van der Waals surface area contributed by atoms with Crippen molar-refractivity contribution in [3.63, 3.8) is 0 Å². The van der Waals surface area contributed by atoms with E-state index < -0.39 is 5.60 Å². The Labute approximate surface area is 145 Å². The minimum atomic E-state index is -0.513. The predicted molar refractivity (Wildman–Crippen MR) is 97.6 cm³/mol. The number of rotatable bonds is 4. The minimum Gasteiger partial charge on any atom is -0.444 e. The topological polar surface area (TPSA) is 41.9 Å². The number of hydrogen-bond acceptors (Lipinski definition) is 4. The van der Waals surface area contributed by atoms with Gasteiger partial charge < -0.3 is 4.74 Å². The number of carbonyl (C=O) groups is 1. The molecule has 122 valence electrons. The molecule has 4 nitrogen and oxygen atoms in total. The monoisotopic (exact) mass is 386 g/mol. The fourth-order valence-corrected chi connectivity index (χ4v) is 3.21. The fourth-order valence-electron chi connectivity index (χ4n) is 1.80. The summed E-state index contributed by atoms with van der Waals surface area (Å²) >= 11 is 5.11. The van der Waals surface area contributed by atoms with Gasteiger partial charge in [0.2, 0.25) is 0 Å². The van der Waals surface area contributed by atoms with Gasteiger partial charge in [-0.2, -0.15) is 0 Å². The number of ether oxygens (including phenoxy) is 1. The lowest BCUT2D eigenvalue weighted by molar-refractivity contribution is 0.0300. The Balaban J connectivity index is 2.69. The lowest BCUT2D eigenvalue weighted by Crippen LogP contribution is -2.35. The summed E-state index contributed by atoms with van der Waals surface area (Å²) in [6.45, 7) is 8.31. The van der Waals surface area contributed by atoms with Crippen LogP contribution in [0.2, 0.25) is 0 Å². The van der Waals surface area contributed by atoms with Crippen LogP contribution in [0.1, 0.15) is 34.1 Å². The molecule has 0 saturated heterocycles. The van der Waals surface area contributed by atoms with E-state index >= 15 is 0 Å². The maximum Gasteiger partial charge on any atom is 0.410 e. The highest BCUT2D eigenvalue weighted by Crippen LogP contribution is 2.22. The zero-order valence-corrected chi connectivity index (χ0v) is 16.0. The SMILES string of the molecule is C#CC1=C(/N=C(\C)SCCCBr)CN(C(=O)OC(C)(C)C)C1. The van der Waals surface area contributed by atoms with Crippen LogP contribution in [0.3, 0.4) is 0 Å². The molecule has 1 heterocycles. The molecule has 0 aromatic carbocycles. The number of terminal acetylenes is 1. The first-order valence-electron chi connectivity index (χ1n) is 7.17. The van der Waals surface area contributed by atoms with Crippen LogP contribution in [0.25, 0.3) is 0 Å². The van der Waals surface area contributed by atoms with E-state index in [-0.39, 0.29) is 6.09 Å². The molecular weight excluding hydrogens is 364 g/mol. The van der Waals surface area contributed by atoms with Crippen LogP contribution in [0, 0.1) is 12.3 Å². The second-order valence-corrected chi connectivity index (χ2v) is 8.01. The van der Waals surface area contributed by atoms with Crippen molar-refractivity contribution in [2.75, 3.05) is 24.2 Å². The minimum absolute atomic E-state index is 0.352. The van der Waals surface area contributed by atoms with E-state index in [1.807, 2.05) is 27.7 Å². The van der Waals surface area contributed by atoms with E-state index in [4.69, 9.17) is 11.2 Å². The summed E-state index contributed by atoms with van der Waals surface area (Å²) in [5.74, 6) is 3.65. The molecule has 0 radical (unpaired) electrons. The van der Waals surface area contributed by atoms with Crippen LogP contribution >= 0.6 is 27.7 Å². The van der Waals surface area contributed by atoms with Crippen molar-refractivity contribution in [1.29, 1.82) is 0 Å². The molecule has 0 atom stereocenters. The van der Waals surface area contributed by atoms with Gasteiger partial charge in [-0.25, -0.2) is 9.79 Å². The summed E-state index contributed by atoms with van der Waals surface area (Å²) in [5.41, 5.74) is 1.03. The number of nitrogens with zero attached hydrogens (tertiary/aromatic N) is 2. The maximum atomic E-state index is 12.1. The molecule has 0 N–H and O–H groups in total. The Bertz CT molecular complexity index is 515. The second kappa shape index (κ2) is 8.64. The van der Waals surface area contributed by atoms with Crippen molar-refractivity contribution >= 4 is 38.8 Å². The third-order valence-electron chi connectivity index (χ3n) is 2.75. The Morgan fingerprint density at radius 3 is 2.73 bits per heavy atom. The van der Waals surface area contributed by atoms with E-state index in [0.29, 0.717) is 13.1 Å². The number of aliphatic imine (C=N–C) groups is 1. The molecule has 6 heteroatoms. The van der Waals surface area contributed by atoms with Gasteiger partial charge in [0, 0.05) is 10.9 Å². The molecule has 22 heavy (non-hydrogen) atoms. The van der Waals surface area contributed by atoms with Gasteiger partial charge in [0.15, 0.2) is 0 Å². The Morgan fingerprint density at radius 2 is 2.18 bits per heavy atom. The number of carbonyl (C=O) groups excluding carboxylic acids is 1. The normalized spacial score (nSPS) is 16.0. The molecule has 0 saturated carbocycles. The van der Waals surface area contributed by atoms with Gasteiger partial charge in [-0.15, -0.1) is 18.2 Å². The summed E-state index contributed by atoms with van der Waals surface area (Å²) in [5, 5.41) is 1.95. The Morgan fingerprint density at radius 1 is 1.50 bits per heavy atom. The molecule has 0 unspecified atom stereocenters. The van der Waals surface area contributed by atoms with E-state index in [2.05, 4.69) is 26.8 Å². The van der Waals surface area contributed by atoms with Gasteiger partial charge >= 0.3 is 6.09 Å². The first-order chi connectivity index (χ1) is 10.3. The third kappa shape index (κ3) is 6.45. The first kappa shape index (κ1) is 19.1. The van der Waals surface area contributed by atoms with E-state index in [1.165, 1.54) is 0 Å². The van der Waals surface area contributed by atoms with Crippen molar-refractivity contribution in [2.45, 2.75) is 39.7 Å². The highest BCUT2D eigenvalue weighted by atomic mass is 79.9. The quantitative estimate of drug-likeness (QED) is 0.240. The van der Waals surface area contributed by atoms with E-state index in [0.717, 1.165) is 33.8 Å². The fraction of sp³-hybridized carbons (Fsp3) is 0.625. The molecule has 1 aliphatic rings. The number of thioether (sulfide) groups is 1. The molecule has 0 aromatic rings. The maximum absolute atomic E-state index is 12.1. The molecule has 0 spiro atoms. The highest BCUT2D eigenvalue weighted by Gasteiger charge is 2.29. The van der Waals surface area contributed by atoms with E-state index in [9.17, 15) is 4.79 Å². The van der Waals surface area contributed by atoms with Gasteiger partial charge in [-0.3, -0.25) is 4.90 Å². The van der Waals surface area contributed by atoms with Crippen molar-refractivity contribution in [2.24, 2.45) is 4.99 Å². The lowest BCUT2D eigenvalue weighted by Gasteiger charge is -2.24. The summed E-state index contributed by atoms with van der Waals surface area (Å²) in [4.78, 5) is 18.3. The standard InChI is InChI=1S/C16H23BrN2O2S/c1-6-13-10-19(15(20)21-16(3,4)5)11-14(13)18-12(2)22-9-7-8-17/h1H,7-11H2,2-5H3/b18-12+. The van der Waals surface area contributed by atoms with Crippen molar-refractivity contribution in [3.8, 4) is 12.3 Å². The Hall–Kier alpha value is -0.930. The number of amides is 1. The lowest BCUT2D eigenvalue weighted by atomic mass is 10.2. The van der Waals surface area contributed by atoms with Crippen molar-refractivity contribution in [3.05, 3.63) is 11.3 Å². The highest BCUT2D eigenvalue weighted by molar-refractivity contribution is 9.09. The van der Waals surface area contributed by atoms with Crippen LogP contribution in [0.5, 0.6) is 0 Å². The molecule has 0 fully saturated rings. The van der Waals surface area contributed by atoms with Gasteiger partial charge in [-0.1, -0.05) is 21.9 Å². The smallest absolute Gasteiger partial charge is 0.410 e. The summed E-state index contributed by atoms with van der Waals surface area (Å²) < 4.78 is 5.38. The molecule has 1 amide bonds. The summed E-state index contributed by atoms with van der Waals surface area (Å²) in [6, 6.07) is 0. The average molecular weight is 387 g/mol. The molecule has 1 aliphatic heterocycles. The average Bonchev–Trinajstić information content (AvgIpc) is 2.80. The van der Waals surface area contributed by atoms with Crippen molar-refractivity contribution in [1.82, 2.24) is 4.90 Å². The third-order valence-corrected chi connectivity index (χ3v) is 4.31. The predicted octanol–water partition coefficient (Wildman–Crippen LogP) is 4.06. The van der Waals surface area contributed by atoms with Crippen LogP contribution in [-0.4, -0.2) is 45.8 Å². The molecule has 0 aliphatic carbocycles. The van der Waals surface area contributed by atoms with E-state index in [1.54, 1.807) is 16.7 Å². The van der Waals surface area contributed by atoms with Gasteiger partial charge in [0.25, 0.3) is 0 Å². The number of alkyl halides is 1. The molecular formula is C16H23BrN2O2S. The number of halogens is 1. The largest absolute Gasteiger partial charge is 0.444 e. The summed E-state index contributed by atoms with van der Waals surface area (Å²) in [7, 11) is 0. The van der Waals surface area contributed by atoms with Gasteiger partial charge in [-0.05, 0) is 39.9 Å². The Kier molecular flexibility index (Phi) is 7.51. The van der Waals surface area contributed by atoms with Crippen LogP contribution < -0.4 is 0 Å². The molecule has 0 aromatic heterocycles. The van der Waals surface area contributed by atoms with Gasteiger partial charge in [0.05, 0.1) is 23.8 Å². The zero-order chi connectivity index (χ0) is 16.8. The van der Waals surface area contributed by atoms with Crippen LogP contribution in [0.15, 0.2) is 16.3 Å². The molecule has 0 bridgehead atoms.